The summed E-state index contributed by atoms with van der Waals surface area (Å²) >= 11 is 1.85. The Hall–Kier alpha value is -7.14. The summed E-state index contributed by atoms with van der Waals surface area (Å²) in [5.41, 5.74) is 11.2. The molecule has 56 heavy (non-hydrogen) atoms. The van der Waals surface area contributed by atoms with Gasteiger partial charge in [-0.1, -0.05) is 121 Å². The molecule has 0 aliphatic rings. The van der Waals surface area contributed by atoms with Gasteiger partial charge in [-0.05, 0) is 77.0 Å². The van der Waals surface area contributed by atoms with Crippen molar-refractivity contribution in [2.75, 3.05) is 0 Å². The van der Waals surface area contributed by atoms with Crippen LogP contribution in [0.25, 0.3) is 119 Å². The predicted molar refractivity (Wildman–Crippen MR) is 238 cm³/mol. The number of thiophene rings is 1. The standard InChI is InChI=1S/C52H30N2OS/c1-2-12-32-29-33(24-23-31(32)11-1)53-44-20-7-4-14-40(44)50-45(53)27-26-37-35-13-3-6-19-43(35)54(51(37)50)34-25-28-46-42(30-34)39-18-9-17-38(52(39)55-46)36-16-10-22-48-49(36)41-15-5-8-21-47(41)56-48/h1-30H. The molecule has 0 unspecified atom stereocenters. The first kappa shape index (κ1) is 30.2. The zero-order valence-corrected chi connectivity index (χ0v) is 30.8. The lowest BCUT2D eigenvalue weighted by atomic mass is 9.97. The van der Waals surface area contributed by atoms with Crippen LogP contribution in [0.1, 0.15) is 0 Å². The summed E-state index contributed by atoms with van der Waals surface area (Å²) in [6.45, 7) is 0. The van der Waals surface area contributed by atoms with Gasteiger partial charge in [-0.3, -0.25) is 0 Å². The molecular weight excluding hydrogens is 701 g/mol. The van der Waals surface area contributed by atoms with Crippen LogP contribution in [0.4, 0.5) is 0 Å². The molecule has 13 rings (SSSR count). The maximum absolute atomic E-state index is 6.82. The Balaban J connectivity index is 1.09. The highest BCUT2D eigenvalue weighted by Crippen LogP contribution is 2.46. The summed E-state index contributed by atoms with van der Waals surface area (Å²) < 4.78 is 14.3. The zero-order chi connectivity index (χ0) is 36.5. The van der Waals surface area contributed by atoms with Gasteiger partial charge in [0, 0.05) is 69.4 Å². The van der Waals surface area contributed by atoms with E-state index in [9.17, 15) is 0 Å². The van der Waals surface area contributed by atoms with Crippen LogP contribution < -0.4 is 0 Å². The molecule has 4 aromatic heterocycles. The molecule has 0 spiro atoms. The normalized spacial score (nSPS) is 12.3. The topological polar surface area (TPSA) is 23.0 Å². The molecule has 0 saturated heterocycles. The van der Waals surface area contributed by atoms with Crippen LogP contribution in [-0.4, -0.2) is 9.13 Å². The summed E-state index contributed by atoms with van der Waals surface area (Å²) in [5.74, 6) is 0. The molecule has 0 saturated carbocycles. The monoisotopic (exact) mass is 730 g/mol. The molecule has 0 atom stereocenters. The van der Waals surface area contributed by atoms with Crippen molar-refractivity contribution in [2.45, 2.75) is 0 Å². The zero-order valence-electron chi connectivity index (χ0n) is 30.0. The number of nitrogens with zero attached hydrogens (tertiary/aromatic N) is 2. The van der Waals surface area contributed by atoms with Gasteiger partial charge < -0.3 is 13.6 Å². The molecule has 0 radical (unpaired) electrons. The van der Waals surface area contributed by atoms with E-state index in [2.05, 4.69) is 191 Å². The first-order valence-corrected chi connectivity index (χ1v) is 19.9. The summed E-state index contributed by atoms with van der Waals surface area (Å²) in [7, 11) is 0. The fourth-order valence-electron chi connectivity index (χ4n) is 9.51. The van der Waals surface area contributed by atoms with Crippen LogP contribution in [0, 0.1) is 0 Å². The summed E-state index contributed by atoms with van der Waals surface area (Å²) in [6.07, 6.45) is 0. The number of aromatic nitrogens is 2. The lowest BCUT2D eigenvalue weighted by molar-refractivity contribution is 0.670. The number of rotatable bonds is 3. The predicted octanol–water partition coefficient (Wildman–Crippen LogP) is 15.0. The van der Waals surface area contributed by atoms with Crippen LogP contribution >= 0.6 is 11.3 Å². The molecule has 0 fully saturated rings. The molecule has 0 aliphatic heterocycles. The van der Waals surface area contributed by atoms with Gasteiger partial charge in [0.1, 0.15) is 11.2 Å². The summed E-state index contributed by atoms with van der Waals surface area (Å²) in [6, 6.07) is 66.4. The fraction of sp³-hybridized carbons (Fsp3) is 0. The second-order valence-corrected chi connectivity index (χ2v) is 15.9. The summed E-state index contributed by atoms with van der Waals surface area (Å²) in [5, 5.41) is 12.2. The van der Waals surface area contributed by atoms with E-state index in [1.165, 1.54) is 80.1 Å². The van der Waals surface area contributed by atoms with Crippen LogP contribution in [0.5, 0.6) is 0 Å². The van der Waals surface area contributed by atoms with Crippen molar-refractivity contribution in [3.63, 3.8) is 0 Å². The minimum absolute atomic E-state index is 0.886. The Morgan fingerprint density at radius 2 is 1.05 bits per heavy atom. The first-order chi connectivity index (χ1) is 27.8. The van der Waals surface area contributed by atoms with Crippen molar-refractivity contribution in [1.82, 2.24) is 9.13 Å². The minimum atomic E-state index is 0.886. The van der Waals surface area contributed by atoms with E-state index in [-0.39, 0.29) is 0 Å². The smallest absolute Gasteiger partial charge is 0.143 e. The molecular formula is C52H30N2OS. The van der Waals surface area contributed by atoms with E-state index in [1.54, 1.807) is 0 Å². The second kappa shape index (κ2) is 11.2. The second-order valence-electron chi connectivity index (χ2n) is 14.8. The van der Waals surface area contributed by atoms with Gasteiger partial charge in [0.2, 0.25) is 0 Å². The number of hydrogen-bond donors (Lipinski definition) is 0. The lowest BCUT2D eigenvalue weighted by Crippen LogP contribution is -1.95. The Morgan fingerprint density at radius 1 is 0.375 bits per heavy atom. The first-order valence-electron chi connectivity index (χ1n) is 19.1. The van der Waals surface area contributed by atoms with Gasteiger partial charge in [0.15, 0.2) is 0 Å². The third-order valence-corrected chi connectivity index (χ3v) is 13.0. The Labute approximate surface area is 324 Å². The number of benzene rings is 9. The highest BCUT2D eigenvalue weighted by Gasteiger charge is 2.22. The number of para-hydroxylation sites is 3. The van der Waals surface area contributed by atoms with E-state index >= 15 is 0 Å². The largest absolute Gasteiger partial charge is 0.455 e. The Bertz CT molecular complexity index is 3780. The minimum Gasteiger partial charge on any atom is -0.455 e. The third-order valence-electron chi connectivity index (χ3n) is 11.9. The van der Waals surface area contributed by atoms with Crippen molar-refractivity contribution in [2.24, 2.45) is 0 Å². The van der Waals surface area contributed by atoms with Crippen molar-refractivity contribution in [3.05, 3.63) is 182 Å². The number of furan rings is 1. The van der Waals surface area contributed by atoms with Crippen LogP contribution in [0.3, 0.4) is 0 Å². The summed E-state index contributed by atoms with van der Waals surface area (Å²) in [4.78, 5) is 0. The SMILES string of the molecule is c1ccc2cc(-n3c4ccccc4c4c3ccc3c5ccccc5n(-c5ccc6oc7c(-c8cccc9sc%10ccccc%10c89)cccc7c6c5)c34)ccc2c1. The Morgan fingerprint density at radius 3 is 1.96 bits per heavy atom. The molecule has 4 heterocycles. The molecule has 9 aromatic carbocycles. The average Bonchev–Trinajstić information content (AvgIpc) is 4.01. The molecule has 0 N–H and O–H groups in total. The van der Waals surface area contributed by atoms with Gasteiger partial charge in [-0.2, -0.15) is 0 Å². The van der Waals surface area contributed by atoms with Crippen molar-refractivity contribution < 1.29 is 4.42 Å². The molecule has 4 heteroatoms. The van der Waals surface area contributed by atoms with Crippen molar-refractivity contribution in [1.29, 1.82) is 0 Å². The van der Waals surface area contributed by atoms with Gasteiger partial charge in [-0.25, -0.2) is 0 Å². The number of hydrogen-bond acceptors (Lipinski definition) is 2. The third kappa shape index (κ3) is 4.06. The van der Waals surface area contributed by atoms with E-state index in [4.69, 9.17) is 4.42 Å². The van der Waals surface area contributed by atoms with Gasteiger partial charge in [0.25, 0.3) is 0 Å². The highest BCUT2D eigenvalue weighted by molar-refractivity contribution is 7.25. The van der Waals surface area contributed by atoms with Crippen LogP contribution in [0.2, 0.25) is 0 Å². The number of fused-ring (bicyclic) bond motifs is 14. The molecule has 13 aromatic rings. The van der Waals surface area contributed by atoms with E-state index in [1.807, 2.05) is 11.3 Å². The highest BCUT2D eigenvalue weighted by atomic mass is 32.1. The fourth-order valence-corrected chi connectivity index (χ4v) is 10.6. The molecule has 0 amide bonds. The maximum Gasteiger partial charge on any atom is 0.143 e. The van der Waals surface area contributed by atoms with Crippen molar-refractivity contribution >= 4 is 108 Å². The van der Waals surface area contributed by atoms with Crippen molar-refractivity contribution in [3.8, 4) is 22.5 Å². The molecule has 0 aliphatic carbocycles. The lowest BCUT2D eigenvalue weighted by Gasteiger charge is -2.11. The quantitative estimate of drug-likeness (QED) is 0.177. The Kier molecular flexibility index (Phi) is 6.04. The average molecular weight is 731 g/mol. The van der Waals surface area contributed by atoms with Crippen LogP contribution in [-0.2, 0) is 0 Å². The van der Waals surface area contributed by atoms with E-state index < -0.39 is 0 Å². The molecule has 3 nitrogen and oxygen atoms in total. The van der Waals surface area contributed by atoms with Crippen LogP contribution in [0.15, 0.2) is 186 Å². The molecule has 260 valence electrons. The van der Waals surface area contributed by atoms with Gasteiger partial charge >= 0.3 is 0 Å². The molecule has 0 bridgehead atoms. The van der Waals surface area contributed by atoms with Gasteiger partial charge in [-0.15, -0.1) is 11.3 Å². The van der Waals surface area contributed by atoms with E-state index in [0.29, 0.717) is 0 Å². The van der Waals surface area contributed by atoms with Gasteiger partial charge in [0.05, 0.1) is 22.1 Å². The van der Waals surface area contributed by atoms with E-state index in [0.717, 1.165) is 38.9 Å². The maximum atomic E-state index is 6.82.